The van der Waals surface area contributed by atoms with Gasteiger partial charge in [-0.25, -0.2) is 0 Å². The number of aliphatic hydroxyl groups is 2. The summed E-state index contributed by atoms with van der Waals surface area (Å²) in [5, 5.41) is 24.3. The number of aliphatic hydroxyl groups excluding tert-OH is 1. The SMILES string of the molecule is CC/C1=C/CCC[C@@](C)(O)CC[C@H](O[C@H]2C[C@@](C)(OC)[C@@H](O)[C@H](C)O2)[C@@H](C)C(=O)NCCC1=O. The number of carbonyl (C=O) groups is 2. The van der Waals surface area contributed by atoms with Crippen molar-refractivity contribution in [2.45, 2.75) is 122 Å². The smallest absolute Gasteiger partial charge is 0.225 e. The molecule has 8 nitrogen and oxygen atoms in total. The van der Waals surface area contributed by atoms with E-state index in [1.54, 1.807) is 27.9 Å². The number of rotatable bonds is 4. The van der Waals surface area contributed by atoms with Crippen LogP contribution in [0, 0.1) is 5.92 Å². The summed E-state index contributed by atoms with van der Waals surface area (Å²) in [7, 11) is 1.55. The van der Waals surface area contributed by atoms with Crippen molar-refractivity contribution in [1.82, 2.24) is 5.32 Å². The van der Waals surface area contributed by atoms with Gasteiger partial charge >= 0.3 is 0 Å². The Morgan fingerprint density at radius 3 is 2.59 bits per heavy atom. The van der Waals surface area contributed by atoms with E-state index in [-0.39, 0.29) is 24.7 Å². The fraction of sp³-hybridized carbons (Fsp3) is 0.846. The van der Waals surface area contributed by atoms with E-state index in [2.05, 4.69) is 5.32 Å². The minimum atomic E-state index is -0.917. The van der Waals surface area contributed by atoms with E-state index in [0.29, 0.717) is 32.1 Å². The van der Waals surface area contributed by atoms with Gasteiger partial charge in [-0.1, -0.05) is 19.9 Å². The van der Waals surface area contributed by atoms with Gasteiger partial charge < -0.3 is 29.7 Å². The lowest BCUT2D eigenvalue weighted by molar-refractivity contribution is -0.291. The number of methoxy groups -OCH3 is 1. The van der Waals surface area contributed by atoms with Crippen LogP contribution in [0.2, 0.25) is 0 Å². The average molecular weight is 484 g/mol. The maximum atomic E-state index is 12.9. The molecule has 1 amide bonds. The topological polar surface area (TPSA) is 114 Å². The number of ether oxygens (including phenoxy) is 3. The van der Waals surface area contributed by atoms with Crippen LogP contribution in [0.5, 0.6) is 0 Å². The summed E-state index contributed by atoms with van der Waals surface area (Å²) in [4.78, 5) is 25.5. The molecule has 1 fully saturated rings. The van der Waals surface area contributed by atoms with E-state index in [4.69, 9.17) is 14.2 Å². The van der Waals surface area contributed by atoms with Crippen LogP contribution in [0.15, 0.2) is 11.6 Å². The molecule has 8 heteroatoms. The van der Waals surface area contributed by atoms with Gasteiger partial charge in [-0.05, 0) is 64.9 Å². The molecule has 7 atom stereocenters. The molecule has 0 aromatic rings. The Morgan fingerprint density at radius 1 is 1.24 bits per heavy atom. The first-order valence-corrected chi connectivity index (χ1v) is 12.7. The minimum Gasteiger partial charge on any atom is -0.390 e. The van der Waals surface area contributed by atoms with Crippen LogP contribution in [0.25, 0.3) is 0 Å². The van der Waals surface area contributed by atoms with Crippen molar-refractivity contribution in [1.29, 1.82) is 0 Å². The third-order valence-corrected chi connectivity index (χ3v) is 7.44. The van der Waals surface area contributed by atoms with Crippen molar-refractivity contribution in [3.8, 4) is 0 Å². The lowest BCUT2D eigenvalue weighted by atomic mass is 9.87. The first-order chi connectivity index (χ1) is 15.9. The summed E-state index contributed by atoms with van der Waals surface area (Å²) in [6.45, 7) is 9.42. The lowest BCUT2D eigenvalue weighted by Crippen LogP contribution is -2.57. The van der Waals surface area contributed by atoms with Crippen molar-refractivity contribution in [2.75, 3.05) is 13.7 Å². The van der Waals surface area contributed by atoms with Gasteiger partial charge in [0.2, 0.25) is 5.91 Å². The zero-order chi connectivity index (χ0) is 25.5. The van der Waals surface area contributed by atoms with Crippen molar-refractivity contribution in [3.05, 3.63) is 11.6 Å². The molecule has 0 aromatic heterocycles. The maximum absolute atomic E-state index is 12.9. The highest BCUT2D eigenvalue weighted by Gasteiger charge is 2.46. The number of amides is 1. The highest BCUT2D eigenvalue weighted by atomic mass is 16.7. The third-order valence-electron chi connectivity index (χ3n) is 7.44. The van der Waals surface area contributed by atoms with Crippen molar-refractivity contribution >= 4 is 11.7 Å². The Kier molecular flexibility index (Phi) is 10.7. The van der Waals surface area contributed by atoms with Crippen LogP contribution < -0.4 is 5.32 Å². The summed E-state index contributed by atoms with van der Waals surface area (Å²) in [6, 6.07) is 0. The molecule has 34 heavy (non-hydrogen) atoms. The number of carbonyl (C=O) groups excluding carboxylic acids is 2. The van der Waals surface area contributed by atoms with E-state index in [1.807, 2.05) is 19.9 Å². The van der Waals surface area contributed by atoms with Gasteiger partial charge in [0.1, 0.15) is 6.10 Å². The van der Waals surface area contributed by atoms with Gasteiger partial charge in [0, 0.05) is 26.5 Å². The van der Waals surface area contributed by atoms with E-state index >= 15 is 0 Å². The highest BCUT2D eigenvalue weighted by molar-refractivity contribution is 5.95. The molecule has 2 rings (SSSR count). The van der Waals surface area contributed by atoms with E-state index in [9.17, 15) is 19.8 Å². The third kappa shape index (κ3) is 7.85. The lowest BCUT2D eigenvalue weighted by Gasteiger charge is -2.45. The molecule has 0 aromatic carbocycles. The molecule has 196 valence electrons. The van der Waals surface area contributed by atoms with E-state index < -0.39 is 41.7 Å². The first-order valence-electron chi connectivity index (χ1n) is 12.7. The fourth-order valence-corrected chi connectivity index (χ4v) is 4.81. The molecule has 2 heterocycles. The molecular weight excluding hydrogens is 438 g/mol. The van der Waals surface area contributed by atoms with Crippen molar-refractivity contribution in [2.24, 2.45) is 5.92 Å². The maximum Gasteiger partial charge on any atom is 0.225 e. The van der Waals surface area contributed by atoms with Crippen LogP contribution in [-0.4, -0.2) is 71.4 Å². The van der Waals surface area contributed by atoms with Crippen LogP contribution in [0.1, 0.15) is 86.0 Å². The Labute approximate surface area is 204 Å². The zero-order valence-corrected chi connectivity index (χ0v) is 21.8. The monoisotopic (exact) mass is 483 g/mol. The number of ketones is 1. The molecule has 2 aliphatic rings. The standard InChI is InChI=1S/C26H45NO7/c1-7-19-10-8-9-13-25(4,31)14-11-21(17(2)24(30)27-15-12-20(19)28)34-22-16-26(5,32-6)23(29)18(3)33-22/h10,17-18,21-23,29,31H,7-9,11-16H2,1-6H3,(H,27,30)/b19-10-/t17-,18+,21+,22+,23+,25-,26-/m1/s1. The molecule has 0 bridgehead atoms. The molecule has 0 aliphatic carbocycles. The number of Topliss-reactive ketones (excluding diaryl/α,β-unsaturated/α-hetero) is 1. The Balaban J connectivity index is 2.18. The summed E-state index contributed by atoms with van der Waals surface area (Å²) < 4.78 is 17.8. The zero-order valence-electron chi connectivity index (χ0n) is 21.8. The number of allylic oxidation sites excluding steroid dienone is 2. The van der Waals surface area contributed by atoms with Gasteiger partial charge in [0.15, 0.2) is 12.1 Å². The Hall–Kier alpha value is -1.32. The number of nitrogens with one attached hydrogen (secondary N) is 1. The van der Waals surface area contributed by atoms with Crippen LogP contribution in [-0.2, 0) is 23.8 Å². The average Bonchev–Trinajstić information content (AvgIpc) is 2.79. The molecule has 0 radical (unpaired) electrons. The minimum absolute atomic E-state index is 0.0480. The van der Waals surface area contributed by atoms with E-state index in [0.717, 1.165) is 18.4 Å². The quantitative estimate of drug-likeness (QED) is 0.563. The van der Waals surface area contributed by atoms with Crippen LogP contribution >= 0.6 is 0 Å². The summed E-state index contributed by atoms with van der Waals surface area (Å²) in [5.74, 6) is -0.670. The van der Waals surface area contributed by atoms with Crippen molar-refractivity contribution in [3.63, 3.8) is 0 Å². The first kappa shape index (κ1) is 28.9. The second kappa shape index (κ2) is 12.6. The van der Waals surface area contributed by atoms with Gasteiger partial charge in [0.05, 0.1) is 29.3 Å². The second-order valence-corrected chi connectivity index (χ2v) is 10.4. The summed E-state index contributed by atoms with van der Waals surface area (Å²) in [6.07, 6.45) is 3.77. The molecule has 3 N–H and O–H groups in total. The van der Waals surface area contributed by atoms with Crippen molar-refractivity contribution < 1.29 is 34.0 Å². The molecule has 0 unspecified atom stereocenters. The summed E-state index contributed by atoms with van der Waals surface area (Å²) in [5.41, 5.74) is -0.964. The van der Waals surface area contributed by atoms with Gasteiger partial charge in [0.25, 0.3) is 0 Å². The Bertz CT molecular complexity index is 722. The molecular formula is C26H45NO7. The molecule has 1 saturated heterocycles. The Morgan fingerprint density at radius 2 is 1.94 bits per heavy atom. The number of hydrogen-bond donors (Lipinski definition) is 3. The predicted molar refractivity (Wildman–Crippen MR) is 129 cm³/mol. The normalized spacial score (nSPS) is 41.1. The number of hydrogen-bond acceptors (Lipinski definition) is 7. The predicted octanol–water partition coefficient (Wildman–Crippen LogP) is 3.04. The van der Waals surface area contributed by atoms with Gasteiger partial charge in [-0.15, -0.1) is 0 Å². The summed E-state index contributed by atoms with van der Waals surface area (Å²) >= 11 is 0. The van der Waals surface area contributed by atoms with E-state index in [1.165, 1.54) is 0 Å². The molecule has 0 saturated carbocycles. The van der Waals surface area contributed by atoms with Gasteiger partial charge in [-0.3, -0.25) is 9.59 Å². The van der Waals surface area contributed by atoms with Crippen LogP contribution in [0.4, 0.5) is 0 Å². The fourth-order valence-electron chi connectivity index (χ4n) is 4.81. The molecule has 2 aliphatic heterocycles. The largest absolute Gasteiger partial charge is 0.390 e. The molecule has 0 spiro atoms. The van der Waals surface area contributed by atoms with Gasteiger partial charge in [-0.2, -0.15) is 0 Å². The van der Waals surface area contributed by atoms with Crippen LogP contribution in [0.3, 0.4) is 0 Å². The second-order valence-electron chi connectivity index (χ2n) is 10.4. The highest BCUT2D eigenvalue weighted by Crippen LogP contribution is 2.34.